The first kappa shape index (κ1) is 22.9. The predicted octanol–water partition coefficient (Wildman–Crippen LogP) is 5.18. The summed E-state index contributed by atoms with van der Waals surface area (Å²) in [5.41, 5.74) is 2.33. The Bertz CT molecular complexity index is 676. The van der Waals surface area contributed by atoms with Crippen LogP contribution < -0.4 is 0 Å². The molecule has 156 valence electrons. The van der Waals surface area contributed by atoms with Crippen LogP contribution in [0.1, 0.15) is 52.0 Å². The Kier molecular flexibility index (Phi) is 7.65. The van der Waals surface area contributed by atoms with E-state index in [0.717, 1.165) is 24.8 Å². The lowest BCUT2D eigenvalue weighted by Gasteiger charge is -2.39. The highest BCUT2D eigenvalue weighted by atomic mass is 28.4. The van der Waals surface area contributed by atoms with E-state index in [4.69, 9.17) is 9.53 Å². The van der Waals surface area contributed by atoms with Gasteiger partial charge < -0.3 is 14.6 Å². The summed E-state index contributed by atoms with van der Waals surface area (Å²) in [5, 5.41) is 19.5. The minimum atomic E-state index is -1.92. The van der Waals surface area contributed by atoms with Crippen LogP contribution >= 0.6 is 0 Å². The lowest BCUT2D eigenvalue weighted by atomic mass is 9.91. The molecule has 28 heavy (non-hydrogen) atoms. The summed E-state index contributed by atoms with van der Waals surface area (Å²) in [5.74, 6) is -1.11. The topological polar surface area (TPSA) is 66.8 Å². The number of carbonyl (C=O) groups is 1. The van der Waals surface area contributed by atoms with E-state index < -0.39 is 20.4 Å². The van der Waals surface area contributed by atoms with Crippen molar-refractivity contribution in [1.29, 1.82) is 0 Å². The SMILES string of the molecule is CC(C)(C)[Si](C)(C)OC(CCC1=CCC(O)C1CC(=O)O)Cc1ccccc1. The summed E-state index contributed by atoms with van der Waals surface area (Å²) in [4.78, 5) is 11.2. The van der Waals surface area contributed by atoms with Crippen LogP contribution in [0.3, 0.4) is 0 Å². The van der Waals surface area contributed by atoms with E-state index in [1.165, 1.54) is 5.56 Å². The molecule has 1 aromatic rings. The van der Waals surface area contributed by atoms with E-state index in [1.807, 2.05) is 12.1 Å². The first-order chi connectivity index (χ1) is 13.0. The van der Waals surface area contributed by atoms with Gasteiger partial charge in [-0.3, -0.25) is 4.79 Å². The van der Waals surface area contributed by atoms with Gasteiger partial charge in [0, 0.05) is 12.0 Å². The fraction of sp³-hybridized carbons (Fsp3) is 0.609. The van der Waals surface area contributed by atoms with Crippen LogP contribution in [0.25, 0.3) is 0 Å². The number of benzene rings is 1. The molecule has 0 radical (unpaired) electrons. The number of aliphatic hydroxyl groups excluding tert-OH is 1. The lowest BCUT2D eigenvalue weighted by molar-refractivity contribution is -0.138. The molecule has 0 bridgehead atoms. The van der Waals surface area contributed by atoms with E-state index in [0.29, 0.717) is 6.42 Å². The summed E-state index contributed by atoms with van der Waals surface area (Å²) in [6.45, 7) is 11.3. The highest BCUT2D eigenvalue weighted by Gasteiger charge is 2.39. The number of aliphatic carboxylic acids is 1. The van der Waals surface area contributed by atoms with Gasteiger partial charge in [-0.25, -0.2) is 0 Å². The number of aliphatic hydroxyl groups is 1. The monoisotopic (exact) mass is 404 g/mol. The smallest absolute Gasteiger partial charge is 0.304 e. The molecule has 1 aliphatic rings. The Morgan fingerprint density at radius 1 is 1.25 bits per heavy atom. The Hall–Kier alpha value is -1.43. The van der Waals surface area contributed by atoms with Gasteiger partial charge in [-0.2, -0.15) is 0 Å². The predicted molar refractivity (Wildman–Crippen MR) is 116 cm³/mol. The van der Waals surface area contributed by atoms with Crippen molar-refractivity contribution in [2.45, 2.75) is 83.2 Å². The zero-order chi connectivity index (χ0) is 20.9. The molecule has 1 aliphatic carbocycles. The van der Waals surface area contributed by atoms with E-state index in [1.54, 1.807) is 0 Å². The third-order valence-electron chi connectivity index (χ3n) is 6.29. The van der Waals surface area contributed by atoms with E-state index >= 15 is 0 Å². The Labute approximate surface area is 170 Å². The number of hydrogen-bond donors (Lipinski definition) is 2. The van der Waals surface area contributed by atoms with Crippen molar-refractivity contribution in [3.63, 3.8) is 0 Å². The van der Waals surface area contributed by atoms with Crippen molar-refractivity contribution in [3.8, 4) is 0 Å². The van der Waals surface area contributed by atoms with Crippen molar-refractivity contribution < 1.29 is 19.4 Å². The molecular formula is C23H36O4Si. The average Bonchev–Trinajstić information content (AvgIpc) is 2.92. The first-order valence-corrected chi connectivity index (χ1v) is 13.2. The molecule has 4 nitrogen and oxygen atoms in total. The fourth-order valence-electron chi connectivity index (χ4n) is 3.58. The molecule has 0 saturated heterocycles. The summed E-state index contributed by atoms with van der Waals surface area (Å²) in [6, 6.07) is 10.4. The second kappa shape index (κ2) is 9.38. The minimum Gasteiger partial charge on any atom is -0.481 e. The number of hydrogen-bond acceptors (Lipinski definition) is 3. The first-order valence-electron chi connectivity index (χ1n) is 10.3. The van der Waals surface area contributed by atoms with E-state index in [-0.39, 0.29) is 23.5 Å². The Morgan fingerprint density at radius 2 is 1.89 bits per heavy atom. The summed E-state index contributed by atoms with van der Waals surface area (Å²) >= 11 is 0. The van der Waals surface area contributed by atoms with Gasteiger partial charge in [0.1, 0.15) is 0 Å². The molecule has 3 unspecified atom stereocenters. The van der Waals surface area contributed by atoms with Crippen LogP contribution in [-0.4, -0.2) is 36.7 Å². The van der Waals surface area contributed by atoms with Gasteiger partial charge in [0.15, 0.2) is 8.32 Å². The van der Waals surface area contributed by atoms with Crippen LogP contribution in [-0.2, 0) is 15.6 Å². The summed E-state index contributed by atoms with van der Waals surface area (Å²) < 4.78 is 6.74. The minimum absolute atomic E-state index is 0.000552. The van der Waals surface area contributed by atoms with Gasteiger partial charge in [0.2, 0.25) is 0 Å². The molecule has 0 aliphatic heterocycles. The molecular weight excluding hydrogens is 368 g/mol. The second-order valence-electron chi connectivity index (χ2n) is 9.52. The van der Waals surface area contributed by atoms with Gasteiger partial charge in [-0.05, 0) is 49.4 Å². The van der Waals surface area contributed by atoms with Crippen LogP contribution in [0.15, 0.2) is 42.0 Å². The van der Waals surface area contributed by atoms with Crippen LogP contribution in [0, 0.1) is 5.92 Å². The van der Waals surface area contributed by atoms with Crippen LogP contribution in [0.2, 0.25) is 18.1 Å². The molecule has 0 fully saturated rings. The summed E-state index contributed by atoms with van der Waals surface area (Å²) in [7, 11) is -1.92. The number of rotatable bonds is 9. The second-order valence-corrected chi connectivity index (χ2v) is 14.3. The lowest BCUT2D eigenvalue weighted by Crippen LogP contribution is -2.44. The maximum Gasteiger partial charge on any atom is 0.304 e. The molecule has 0 saturated carbocycles. The van der Waals surface area contributed by atoms with Crippen LogP contribution in [0.5, 0.6) is 0 Å². The molecule has 0 spiro atoms. The van der Waals surface area contributed by atoms with E-state index in [9.17, 15) is 9.90 Å². The Morgan fingerprint density at radius 3 is 2.46 bits per heavy atom. The molecule has 1 aromatic carbocycles. The molecule has 2 rings (SSSR count). The van der Waals surface area contributed by atoms with Crippen molar-refractivity contribution in [2.24, 2.45) is 5.92 Å². The normalized spacial score (nSPS) is 21.4. The maximum absolute atomic E-state index is 11.2. The fourth-order valence-corrected chi connectivity index (χ4v) is 4.97. The van der Waals surface area contributed by atoms with Gasteiger partial charge >= 0.3 is 5.97 Å². The molecule has 3 atom stereocenters. The van der Waals surface area contributed by atoms with Gasteiger partial charge in [0.25, 0.3) is 0 Å². The van der Waals surface area contributed by atoms with Gasteiger partial charge in [0.05, 0.1) is 12.5 Å². The molecule has 5 heteroatoms. The maximum atomic E-state index is 11.2. The van der Waals surface area contributed by atoms with Crippen molar-refractivity contribution >= 4 is 14.3 Å². The standard InChI is InChI=1S/C23H36O4Si/c1-23(2,3)28(4,5)27-19(15-17-9-7-6-8-10-17)13-11-18-12-14-21(24)20(18)16-22(25)26/h6-10,12,19-21,24H,11,13-16H2,1-5H3,(H,25,26). The number of carboxylic acid groups (broad SMARTS) is 1. The van der Waals surface area contributed by atoms with Crippen molar-refractivity contribution in [2.75, 3.05) is 0 Å². The number of carboxylic acids is 1. The highest BCUT2D eigenvalue weighted by molar-refractivity contribution is 6.74. The van der Waals surface area contributed by atoms with E-state index in [2.05, 4.69) is 58.1 Å². The largest absolute Gasteiger partial charge is 0.481 e. The van der Waals surface area contributed by atoms with Crippen LogP contribution in [0.4, 0.5) is 0 Å². The third-order valence-corrected chi connectivity index (χ3v) is 10.8. The molecule has 0 amide bonds. The van der Waals surface area contributed by atoms with Gasteiger partial charge in [-0.1, -0.05) is 62.8 Å². The quantitative estimate of drug-likeness (QED) is 0.439. The third kappa shape index (κ3) is 6.29. The molecule has 0 aromatic heterocycles. The average molecular weight is 405 g/mol. The molecule has 2 N–H and O–H groups in total. The zero-order valence-electron chi connectivity index (χ0n) is 17.9. The summed E-state index contributed by atoms with van der Waals surface area (Å²) in [6.07, 6.45) is 4.58. The Balaban J connectivity index is 2.10. The van der Waals surface area contributed by atoms with Gasteiger partial charge in [-0.15, -0.1) is 0 Å². The van der Waals surface area contributed by atoms with Crippen molar-refractivity contribution in [1.82, 2.24) is 0 Å². The molecule has 0 heterocycles. The van der Waals surface area contributed by atoms with Crippen molar-refractivity contribution in [3.05, 3.63) is 47.5 Å². The zero-order valence-corrected chi connectivity index (χ0v) is 18.9. The highest BCUT2D eigenvalue weighted by Crippen LogP contribution is 2.39.